The number of aromatic nitrogens is 1. The quantitative estimate of drug-likeness (QED) is 0.624. The monoisotopic (exact) mass is 356 g/mol. The van der Waals surface area contributed by atoms with Crippen molar-refractivity contribution in [2.45, 2.75) is 6.92 Å². The van der Waals surface area contributed by atoms with Gasteiger partial charge in [0.1, 0.15) is 15.9 Å². The number of carbonyl (C=O) groups excluding carboxylic acids is 1. The number of thiophene rings is 1. The SMILES string of the molecule is CCOC(=O)c1sc(-n2cccc2)c(C#N)c1-c1ccc(Cl)cc1. The van der Waals surface area contributed by atoms with Crippen molar-refractivity contribution in [3.8, 4) is 22.2 Å². The lowest BCUT2D eigenvalue weighted by atomic mass is 10.0. The van der Waals surface area contributed by atoms with Crippen LogP contribution in [0, 0.1) is 11.3 Å². The summed E-state index contributed by atoms with van der Waals surface area (Å²) in [5.74, 6) is -0.428. The van der Waals surface area contributed by atoms with E-state index >= 15 is 0 Å². The zero-order valence-electron chi connectivity index (χ0n) is 12.8. The first-order valence-electron chi connectivity index (χ1n) is 7.29. The molecule has 24 heavy (non-hydrogen) atoms. The molecule has 6 heteroatoms. The lowest BCUT2D eigenvalue weighted by molar-refractivity contribution is 0.0533. The van der Waals surface area contributed by atoms with Gasteiger partial charge in [-0.05, 0) is 36.8 Å². The number of benzene rings is 1. The smallest absolute Gasteiger partial charge is 0.349 e. The minimum absolute atomic E-state index is 0.275. The summed E-state index contributed by atoms with van der Waals surface area (Å²) in [5, 5.41) is 11.0. The highest BCUT2D eigenvalue weighted by atomic mass is 35.5. The van der Waals surface area contributed by atoms with Crippen molar-refractivity contribution >= 4 is 28.9 Å². The van der Waals surface area contributed by atoms with Crippen LogP contribution in [0.1, 0.15) is 22.2 Å². The largest absolute Gasteiger partial charge is 0.462 e. The fraction of sp³-hybridized carbons (Fsp3) is 0.111. The number of nitriles is 1. The van der Waals surface area contributed by atoms with E-state index in [9.17, 15) is 10.1 Å². The molecule has 0 atom stereocenters. The van der Waals surface area contributed by atoms with Crippen molar-refractivity contribution in [1.29, 1.82) is 5.26 Å². The molecule has 4 nitrogen and oxygen atoms in total. The molecule has 0 bridgehead atoms. The molecule has 0 unspecified atom stereocenters. The third-order valence-electron chi connectivity index (χ3n) is 3.43. The molecule has 0 spiro atoms. The van der Waals surface area contributed by atoms with Crippen LogP contribution in [-0.2, 0) is 4.74 Å². The van der Waals surface area contributed by atoms with E-state index in [0.717, 1.165) is 5.56 Å². The van der Waals surface area contributed by atoms with Crippen molar-refractivity contribution in [2.24, 2.45) is 0 Å². The van der Waals surface area contributed by atoms with Gasteiger partial charge in [0.2, 0.25) is 0 Å². The van der Waals surface area contributed by atoms with Gasteiger partial charge in [0.25, 0.3) is 0 Å². The normalized spacial score (nSPS) is 10.4. The van der Waals surface area contributed by atoms with Gasteiger partial charge in [-0.1, -0.05) is 23.7 Å². The third-order valence-corrected chi connectivity index (χ3v) is 4.87. The van der Waals surface area contributed by atoms with Crippen molar-refractivity contribution in [2.75, 3.05) is 6.61 Å². The maximum absolute atomic E-state index is 12.4. The maximum atomic E-state index is 12.4. The first-order valence-corrected chi connectivity index (χ1v) is 8.48. The number of nitrogens with zero attached hydrogens (tertiary/aromatic N) is 2. The van der Waals surface area contributed by atoms with E-state index in [1.54, 1.807) is 31.2 Å². The van der Waals surface area contributed by atoms with Crippen LogP contribution in [0.4, 0.5) is 0 Å². The molecule has 0 aliphatic carbocycles. The second-order valence-electron chi connectivity index (χ2n) is 4.92. The average molecular weight is 357 g/mol. The van der Waals surface area contributed by atoms with E-state index in [1.165, 1.54) is 11.3 Å². The Kier molecular flexibility index (Phi) is 4.70. The van der Waals surface area contributed by atoms with Crippen molar-refractivity contribution in [1.82, 2.24) is 4.57 Å². The van der Waals surface area contributed by atoms with Crippen LogP contribution in [0.15, 0.2) is 48.8 Å². The van der Waals surface area contributed by atoms with Crippen LogP contribution < -0.4 is 0 Å². The molecule has 0 saturated carbocycles. The van der Waals surface area contributed by atoms with Gasteiger partial charge >= 0.3 is 5.97 Å². The van der Waals surface area contributed by atoms with Crippen molar-refractivity contribution in [3.63, 3.8) is 0 Å². The molecule has 1 aromatic carbocycles. The molecule has 0 aliphatic heterocycles. The van der Waals surface area contributed by atoms with E-state index in [4.69, 9.17) is 16.3 Å². The van der Waals surface area contributed by atoms with Gasteiger partial charge in [0.15, 0.2) is 0 Å². The predicted molar refractivity (Wildman–Crippen MR) is 94.8 cm³/mol. The van der Waals surface area contributed by atoms with Crippen LogP contribution >= 0.6 is 22.9 Å². The summed E-state index contributed by atoms with van der Waals surface area (Å²) in [7, 11) is 0. The molecule has 2 aromatic heterocycles. The lowest BCUT2D eigenvalue weighted by Gasteiger charge is -2.05. The minimum Gasteiger partial charge on any atom is -0.462 e. The molecule has 0 fully saturated rings. The molecule has 120 valence electrons. The summed E-state index contributed by atoms with van der Waals surface area (Å²) in [6, 6.07) is 13.0. The molecule has 0 saturated heterocycles. The number of carbonyl (C=O) groups is 1. The number of hydrogen-bond acceptors (Lipinski definition) is 4. The fourth-order valence-corrected chi connectivity index (χ4v) is 3.67. The maximum Gasteiger partial charge on any atom is 0.349 e. The minimum atomic E-state index is -0.428. The third kappa shape index (κ3) is 2.94. The van der Waals surface area contributed by atoms with Gasteiger partial charge < -0.3 is 9.30 Å². The Hall–Kier alpha value is -2.55. The van der Waals surface area contributed by atoms with Gasteiger partial charge in [-0.3, -0.25) is 0 Å². The molecule has 0 aliphatic rings. The summed E-state index contributed by atoms with van der Waals surface area (Å²) in [4.78, 5) is 12.8. The van der Waals surface area contributed by atoms with E-state index in [1.807, 2.05) is 29.1 Å². The Morgan fingerprint density at radius 1 is 1.29 bits per heavy atom. The topological polar surface area (TPSA) is 55.0 Å². The van der Waals surface area contributed by atoms with Crippen LogP contribution in [-0.4, -0.2) is 17.1 Å². The fourth-order valence-electron chi connectivity index (χ4n) is 2.41. The summed E-state index contributed by atoms with van der Waals surface area (Å²) >= 11 is 7.20. The van der Waals surface area contributed by atoms with Crippen LogP contribution in [0.3, 0.4) is 0 Å². The van der Waals surface area contributed by atoms with E-state index in [2.05, 4.69) is 6.07 Å². The van der Waals surface area contributed by atoms with E-state index < -0.39 is 5.97 Å². The van der Waals surface area contributed by atoms with Crippen molar-refractivity contribution in [3.05, 3.63) is 64.3 Å². The molecule has 3 aromatic rings. The Labute approximate surface area is 148 Å². The predicted octanol–water partition coefficient (Wildman–Crippen LogP) is 4.91. The molecule has 0 N–H and O–H groups in total. The molecular weight excluding hydrogens is 344 g/mol. The highest BCUT2D eigenvalue weighted by Gasteiger charge is 2.25. The van der Waals surface area contributed by atoms with Gasteiger partial charge in [0.05, 0.1) is 12.2 Å². The van der Waals surface area contributed by atoms with Gasteiger partial charge in [-0.15, -0.1) is 11.3 Å². The highest BCUT2D eigenvalue weighted by Crippen LogP contribution is 2.39. The Balaban J connectivity index is 2.26. The molecule has 0 radical (unpaired) electrons. The molecule has 2 heterocycles. The Morgan fingerprint density at radius 2 is 1.96 bits per heavy atom. The second kappa shape index (κ2) is 6.91. The Bertz CT molecular complexity index is 906. The van der Waals surface area contributed by atoms with E-state index in [-0.39, 0.29) is 6.61 Å². The summed E-state index contributed by atoms with van der Waals surface area (Å²) in [6.45, 7) is 2.03. The number of hydrogen-bond donors (Lipinski definition) is 0. The summed E-state index contributed by atoms with van der Waals surface area (Å²) < 4.78 is 7.00. The van der Waals surface area contributed by atoms with Gasteiger partial charge in [-0.2, -0.15) is 5.26 Å². The summed E-state index contributed by atoms with van der Waals surface area (Å²) in [5.41, 5.74) is 1.79. The van der Waals surface area contributed by atoms with Crippen molar-refractivity contribution < 1.29 is 9.53 Å². The summed E-state index contributed by atoms with van der Waals surface area (Å²) in [6.07, 6.45) is 3.68. The van der Waals surface area contributed by atoms with Gasteiger partial charge in [0, 0.05) is 23.0 Å². The lowest BCUT2D eigenvalue weighted by Crippen LogP contribution is -2.04. The Morgan fingerprint density at radius 3 is 2.54 bits per heavy atom. The van der Waals surface area contributed by atoms with Crippen LogP contribution in [0.2, 0.25) is 5.02 Å². The number of halogens is 1. The first kappa shape index (κ1) is 16.3. The van der Waals surface area contributed by atoms with E-state index in [0.29, 0.717) is 26.0 Å². The molecule has 3 rings (SSSR count). The zero-order chi connectivity index (χ0) is 17.1. The average Bonchev–Trinajstić information content (AvgIpc) is 3.22. The van der Waals surface area contributed by atoms with Gasteiger partial charge in [-0.25, -0.2) is 4.79 Å². The highest BCUT2D eigenvalue weighted by molar-refractivity contribution is 7.17. The standard InChI is InChI=1S/C18H13ClN2O2S/c1-2-23-18(22)16-15(12-5-7-13(19)8-6-12)14(11-20)17(24-16)21-9-3-4-10-21/h3-10H,2H2,1H3. The first-order chi connectivity index (χ1) is 11.7. The number of ether oxygens (including phenoxy) is 1. The molecular formula is C18H13ClN2O2S. The molecule has 0 amide bonds. The zero-order valence-corrected chi connectivity index (χ0v) is 14.4. The number of rotatable bonds is 4. The van der Waals surface area contributed by atoms with Crippen LogP contribution in [0.5, 0.6) is 0 Å². The van der Waals surface area contributed by atoms with Crippen LogP contribution in [0.25, 0.3) is 16.1 Å². The number of esters is 1. The second-order valence-corrected chi connectivity index (χ2v) is 6.35.